The molecule has 0 fully saturated rings. The summed E-state index contributed by atoms with van der Waals surface area (Å²) in [4.78, 5) is 3.23. The van der Waals surface area contributed by atoms with Gasteiger partial charge in [-0.1, -0.05) is 35.0 Å². The largest absolute Gasteiger partial charge is 0.496 e. The van der Waals surface area contributed by atoms with E-state index in [1.54, 1.807) is 13.2 Å². The van der Waals surface area contributed by atoms with E-state index in [2.05, 4.69) is 15.5 Å². The molecule has 2 aromatic heterocycles. The maximum Gasteiger partial charge on any atom is 0.151 e. The summed E-state index contributed by atoms with van der Waals surface area (Å²) < 4.78 is 10.8. The van der Waals surface area contributed by atoms with E-state index in [0.29, 0.717) is 29.4 Å². The molecular weight excluding hydrogens is 390 g/mol. The number of rotatable bonds is 8. The van der Waals surface area contributed by atoms with Gasteiger partial charge < -0.3 is 19.4 Å². The number of aliphatic hydroxyl groups is 1. The molecule has 3 N–H and O–H groups in total. The zero-order valence-electron chi connectivity index (χ0n) is 16.0. The van der Waals surface area contributed by atoms with Gasteiger partial charge in [0.1, 0.15) is 17.2 Å². The number of hydrogen-bond donors (Lipinski definition) is 3. The molecule has 1 atom stereocenters. The zero-order chi connectivity index (χ0) is 20.2. The summed E-state index contributed by atoms with van der Waals surface area (Å²) in [7, 11) is 1.64. The van der Waals surface area contributed by atoms with Crippen molar-refractivity contribution in [3.63, 3.8) is 0 Å². The number of nitrogens with zero attached hydrogens (tertiary/aromatic N) is 1. The molecule has 2 heterocycles. The van der Waals surface area contributed by atoms with Crippen LogP contribution in [0.4, 0.5) is 0 Å². The van der Waals surface area contributed by atoms with E-state index in [0.717, 1.165) is 34.2 Å². The Bertz CT molecular complexity index is 1110. The molecule has 0 radical (unpaired) electrons. The lowest BCUT2D eigenvalue weighted by Gasteiger charge is -2.09. The van der Waals surface area contributed by atoms with Crippen LogP contribution < -0.4 is 10.1 Å². The van der Waals surface area contributed by atoms with Crippen LogP contribution >= 0.6 is 11.6 Å². The fraction of sp³-hybridized carbons (Fsp3) is 0.227. The van der Waals surface area contributed by atoms with Gasteiger partial charge in [0.2, 0.25) is 0 Å². The van der Waals surface area contributed by atoms with E-state index < -0.39 is 6.23 Å². The quantitative estimate of drug-likeness (QED) is 0.378. The molecule has 150 valence electrons. The van der Waals surface area contributed by atoms with Crippen LogP contribution in [0, 0.1) is 0 Å². The molecule has 0 aliphatic heterocycles. The van der Waals surface area contributed by atoms with Crippen LogP contribution in [0.5, 0.6) is 5.75 Å². The number of methoxy groups -OCH3 is 1. The van der Waals surface area contributed by atoms with Gasteiger partial charge in [-0.3, -0.25) is 5.32 Å². The van der Waals surface area contributed by atoms with Gasteiger partial charge >= 0.3 is 0 Å². The minimum Gasteiger partial charge on any atom is -0.496 e. The highest BCUT2D eigenvalue weighted by Crippen LogP contribution is 2.24. The highest BCUT2D eigenvalue weighted by atomic mass is 35.5. The van der Waals surface area contributed by atoms with E-state index >= 15 is 0 Å². The molecule has 0 amide bonds. The van der Waals surface area contributed by atoms with Gasteiger partial charge in [0.25, 0.3) is 0 Å². The lowest BCUT2D eigenvalue weighted by atomic mass is 10.1. The Morgan fingerprint density at radius 1 is 1.21 bits per heavy atom. The number of benzene rings is 2. The Morgan fingerprint density at radius 2 is 2.07 bits per heavy atom. The second-order valence-electron chi connectivity index (χ2n) is 6.82. The van der Waals surface area contributed by atoms with Crippen LogP contribution in [0.3, 0.4) is 0 Å². The Kier molecular flexibility index (Phi) is 5.85. The van der Waals surface area contributed by atoms with Crippen molar-refractivity contribution >= 4 is 22.5 Å². The van der Waals surface area contributed by atoms with Crippen molar-refractivity contribution < 1.29 is 14.4 Å². The van der Waals surface area contributed by atoms with Crippen LogP contribution in [0.15, 0.2) is 59.3 Å². The van der Waals surface area contributed by atoms with E-state index in [-0.39, 0.29) is 0 Å². The van der Waals surface area contributed by atoms with Crippen molar-refractivity contribution in [2.45, 2.75) is 19.1 Å². The van der Waals surface area contributed by atoms with Crippen LogP contribution in [-0.2, 0) is 12.8 Å². The monoisotopic (exact) mass is 411 g/mol. The van der Waals surface area contributed by atoms with Gasteiger partial charge in [-0.2, -0.15) is 0 Å². The first-order chi connectivity index (χ1) is 14.1. The lowest BCUT2D eigenvalue weighted by molar-refractivity contribution is 0.131. The normalized spacial score (nSPS) is 12.4. The maximum absolute atomic E-state index is 10.4. The molecule has 7 heteroatoms. The minimum absolute atomic E-state index is 0.455. The van der Waals surface area contributed by atoms with Gasteiger partial charge in [-0.25, -0.2) is 0 Å². The summed E-state index contributed by atoms with van der Waals surface area (Å²) in [6, 6.07) is 15.3. The molecule has 0 bridgehead atoms. The molecule has 2 aromatic carbocycles. The number of H-pyrrole nitrogens is 1. The number of para-hydroxylation sites is 1. The number of hydrogen-bond acceptors (Lipinski definition) is 5. The highest BCUT2D eigenvalue weighted by molar-refractivity contribution is 6.31. The van der Waals surface area contributed by atoms with Crippen molar-refractivity contribution in [2.75, 3.05) is 13.7 Å². The van der Waals surface area contributed by atoms with Gasteiger partial charge in [-0.15, -0.1) is 0 Å². The third kappa shape index (κ3) is 4.45. The molecule has 6 nitrogen and oxygen atoms in total. The first-order valence-electron chi connectivity index (χ1n) is 9.38. The SMILES string of the molecule is COc1ccccc1Cc1cc(C(O)NCCc2c[nH]c3ccc(Cl)cc23)no1. The second-order valence-corrected chi connectivity index (χ2v) is 7.25. The van der Waals surface area contributed by atoms with Crippen LogP contribution in [-0.4, -0.2) is 28.9 Å². The van der Waals surface area contributed by atoms with Gasteiger partial charge in [0, 0.05) is 46.7 Å². The number of aromatic amines is 1. The molecule has 0 saturated carbocycles. The standard InChI is InChI=1S/C22H22ClN3O3/c1-28-21-5-3-2-4-14(21)10-17-12-20(26-29-17)22(27)24-9-8-15-13-25-19-7-6-16(23)11-18(15)19/h2-7,11-13,22,24-25,27H,8-10H2,1H3. The topological polar surface area (TPSA) is 83.3 Å². The molecule has 0 aliphatic rings. The maximum atomic E-state index is 10.4. The number of aliphatic hydroxyl groups excluding tert-OH is 1. The molecule has 29 heavy (non-hydrogen) atoms. The average Bonchev–Trinajstić information content (AvgIpc) is 3.35. The van der Waals surface area contributed by atoms with Crippen LogP contribution in [0.25, 0.3) is 10.9 Å². The summed E-state index contributed by atoms with van der Waals surface area (Å²) in [6.07, 6.45) is 2.35. The Hall–Kier alpha value is -2.80. The molecule has 4 aromatic rings. The summed E-state index contributed by atoms with van der Waals surface area (Å²) in [5, 5.41) is 19.3. The molecule has 4 rings (SSSR count). The minimum atomic E-state index is -0.904. The first kappa shape index (κ1) is 19.5. The zero-order valence-corrected chi connectivity index (χ0v) is 16.7. The molecule has 1 unspecified atom stereocenters. The van der Waals surface area contributed by atoms with Crippen molar-refractivity contribution in [3.8, 4) is 5.75 Å². The predicted octanol–water partition coefficient (Wildman–Crippen LogP) is 4.23. The number of nitrogens with one attached hydrogen (secondary N) is 2. The number of aromatic nitrogens is 2. The summed E-state index contributed by atoms with van der Waals surface area (Å²) in [5.74, 6) is 1.46. The Labute approximate surface area is 173 Å². The van der Waals surface area contributed by atoms with Crippen molar-refractivity contribution in [3.05, 3.63) is 82.3 Å². The van der Waals surface area contributed by atoms with Crippen molar-refractivity contribution in [1.29, 1.82) is 0 Å². The Morgan fingerprint density at radius 3 is 2.93 bits per heavy atom. The van der Waals surface area contributed by atoms with Crippen molar-refractivity contribution in [2.24, 2.45) is 0 Å². The summed E-state index contributed by atoms with van der Waals surface area (Å²) >= 11 is 6.10. The fourth-order valence-corrected chi connectivity index (χ4v) is 3.56. The van der Waals surface area contributed by atoms with Gasteiger partial charge in [0.15, 0.2) is 6.23 Å². The fourth-order valence-electron chi connectivity index (χ4n) is 3.38. The third-order valence-corrected chi connectivity index (χ3v) is 5.11. The summed E-state index contributed by atoms with van der Waals surface area (Å²) in [5.41, 5.74) is 3.64. The summed E-state index contributed by atoms with van der Waals surface area (Å²) in [6.45, 7) is 0.579. The van der Waals surface area contributed by atoms with Gasteiger partial charge in [-0.05, 0) is 36.2 Å². The molecule has 0 saturated heterocycles. The predicted molar refractivity (Wildman–Crippen MR) is 112 cm³/mol. The number of ether oxygens (including phenoxy) is 1. The van der Waals surface area contributed by atoms with Gasteiger partial charge in [0.05, 0.1) is 7.11 Å². The number of halogens is 1. The van der Waals surface area contributed by atoms with E-state index in [9.17, 15) is 5.11 Å². The van der Waals surface area contributed by atoms with E-state index in [1.807, 2.05) is 48.7 Å². The highest BCUT2D eigenvalue weighted by Gasteiger charge is 2.15. The molecule has 0 aliphatic carbocycles. The lowest BCUT2D eigenvalue weighted by Crippen LogP contribution is -2.23. The third-order valence-electron chi connectivity index (χ3n) is 4.88. The molecule has 0 spiro atoms. The smallest absolute Gasteiger partial charge is 0.151 e. The van der Waals surface area contributed by atoms with E-state index in [1.165, 1.54) is 0 Å². The van der Waals surface area contributed by atoms with Crippen LogP contribution in [0.1, 0.15) is 28.8 Å². The Balaban J connectivity index is 1.35. The number of fused-ring (bicyclic) bond motifs is 1. The second kappa shape index (κ2) is 8.69. The van der Waals surface area contributed by atoms with Crippen molar-refractivity contribution in [1.82, 2.24) is 15.5 Å². The van der Waals surface area contributed by atoms with E-state index in [4.69, 9.17) is 20.9 Å². The molecular formula is C22H22ClN3O3. The van der Waals surface area contributed by atoms with Crippen LogP contribution in [0.2, 0.25) is 5.02 Å². The average molecular weight is 412 g/mol. The first-order valence-corrected chi connectivity index (χ1v) is 9.76.